The Bertz CT molecular complexity index is 782. The van der Waals surface area contributed by atoms with Crippen molar-refractivity contribution in [1.82, 2.24) is 5.32 Å². The van der Waals surface area contributed by atoms with Crippen LogP contribution in [0.2, 0.25) is 0 Å². The Hall–Kier alpha value is -2.38. The smallest absolute Gasteiger partial charge is 0.270 e. The fourth-order valence-corrected chi connectivity index (χ4v) is 2.90. The average molecular weight is 332 g/mol. The first kappa shape index (κ1) is 14.6. The van der Waals surface area contributed by atoms with Crippen LogP contribution in [-0.4, -0.2) is 16.9 Å². The molecule has 0 atom stereocenters. The van der Waals surface area contributed by atoms with Crippen LogP contribution in [0.25, 0.3) is 6.08 Å². The molecule has 2 amide bonds. The van der Waals surface area contributed by atoms with Crippen LogP contribution >= 0.6 is 23.6 Å². The SMILES string of the molecule is O=C1NC(=S)N(c2ccc(F)cc2)C(=O)C1=Cc1ccsc1. The quantitative estimate of drug-likeness (QED) is 0.523. The summed E-state index contributed by atoms with van der Waals surface area (Å²) in [7, 11) is 0. The average Bonchev–Trinajstić information content (AvgIpc) is 2.98. The van der Waals surface area contributed by atoms with Crippen LogP contribution in [0, 0.1) is 5.82 Å². The Balaban J connectivity index is 2.01. The minimum Gasteiger partial charge on any atom is -0.298 e. The van der Waals surface area contributed by atoms with Crippen molar-refractivity contribution in [2.24, 2.45) is 0 Å². The maximum absolute atomic E-state index is 13.0. The van der Waals surface area contributed by atoms with Gasteiger partial charge in [0.2, 0.25) is 0 Å². The van der Waals surface area contributed by atoms with E-state index in [0.29, 0.717) is 5.69 Å². The van der Waals surface area contributed by atoms with E-state index >= 15 is 0 Å². The van der Waals surface area contributed by atoms with E-state index in [9.17, 15) is 14.0 Å². The molecule has 1 aromatic carbocycles. The van der Waals surface area contributed by atoms with Crippen LogP contribution in [0.5, 0.6) is 0 Å². The zero-order valence-corrected chi connectivity index (χ0v) is 12.7. The molecule has 7 heteroatoms. The van der Waals surface area contributed by atoms with Crippen molar-refractivity contribution >= 4 is 52.2 Å². The molecule has 0 radical (unpaired) electrons. The lowest BCUT2D eigenvalue weighted by atomic mass is 10.1. The molecule has 0 unspecified atom stereocenters. The number of nitrogens with zero attached hydrogens (tertiary/aromatic N) is 1. The van der Waals surface area contributed by atoms with E-state index in [1.54, 1.807) is 6.07 Å². The Morgan fingerprint density at radius 2 is 1.91 bits per heavy atom. The summed E-state index contributed by atoms with van der Waals surface area (Å²) < 4.78 is 13.0. The summed E-state index contributed by atoms with van der Waals surface area (Å²) in [4.78, 5) is 25.8. The van der Waals surface area contributed by atoms with Gasteiger partial charge in [-0.05, 0) is 64.9 Å². The number of hydrogen-bond donors (Lipinski definition) is 1. The maximum atomic E-state index is 13.0. The third-order valence-electron chi connectivity index (χ3n) is 3.04. The predicted octanol–water partition coefficient (Wildman–Crippen LogP) is 2.72. The standard InChI is InChI=1S/C15H9FN2O2S2/c16-10-1-3-11(4-2-10)18-14(20)12(13(19)17-15(18)21)7-9-5-6-22-8-9/h1-8H,(H,17,19,21). The summed E-state index contributed by atoms with van der Waals surface area (Å²) in [6.45, 7) is 0. The number of benzene rings is 1. The molecule has 1 saturated heterocycles. The van der Waals surface area contributed by atoms with Gasteiger partial charge in [-0.3, -0.25) is 19.8 Å². The van der Waals surface area contributed by atoms with Crippen LogP contribution in [0.3, 0.4) is 0 Å². The Morgan fingerprint density at radius 3 is 2.55 bits per heavy atom. The van der Waals surface area contributed by atoms with Gasteiger partial charge in [0, 0.05) is 0 Å². The number of halogens is 1. The molecule has 0 bridgehead atoms. The lowest BCUT2D eigenvalue weighted by molar-refractivity contribution is -0.122. The molecule has 1 aliphatic heterocycles. The van der Waals surface area contributed by atoms with Crippen molar-refractivity contribution in [3.63, 3.8) is 0 Å². The van der Waals surface area contributed by atoms with Gasteiger partial charge in [0.1, 0.15) is 11.4 Å². The summed E-state index contributed by atoms with van der Waals surface area (Å²) >= 11 is 6.51. The molecule has 110 valence electrons. The topological polar surface area (TPSA) is 49.4 Å². The molecule has 0 spiro atoms. The highest BCUT2D eigenvalue weighted by molar-refractivity contribution is 7.80. The molecule has 4 nitrogen and oxygen atoms in total. The second-order valence-corrected chi connectivity index (χ2v) is 5.66. The fourth-order valence-electron chi connectivity index (χ4n) is 2.01. The first-order chi connectivity index (χ1) is 10.6. The largest absolute Gasteiger partial charge is 0.298 e. The van der Waals surface area contributed by atoms with Crippen molar-refractivity contribution in [3.8, 4) is 0 Å². The normalized spacial score (nSPS) is 17.0. The molecule has 2 heterocycles. The van der Waals surface area contributed by atoms with E-state index in [2.05, 4.69) is 5.32 Å². The second-order valence-electron chi connectivity index (χ2n) is 4.49. The first-order valence-electron chi connectivity index (χ1n) is 6.25. The first-order valence-corrected chi connectivity index (χ1v) is 7.60. The van der Waals surface area contributed by atoms with Gasteiger partial charge in [-0.1, -0.05) is 0 Å². The summed E-state index contributed by atoms with van der Waals surface area (Å²) in [5.41, 5.74) is 1.14. The molecule has 0 saturated carbocycles. The van der Waals surface area contributed by atoms with E-state index in [1.807, 2.05) is 10.8 Å². The number of thiocarbonyl (C=S) groups is 1. The maximum Gasteiger partial charge on any atom is 0.270 e. The lowest BCUT2D eigenvalue weighted by Gasteiger charge is -2.28. The van der Waals surface area contributed by atoms with Crippen LogP contribution in [0.4, 0.5) is 10.1 Å². The second kappa shape index (κ2) is 5.78. The number of thiophene rings is 1. The van der Waals surface area contributed by atoms with Crippen molar-refractivity contribution in [1.29, 1.82) is 0 Å². The van der Waals surface area contributed by atoms with Gasteiger partial charge in [-0.15, -0.1) is 0 Å². The summed E-state index contributed by atoms with van der Waals surface area (Å²) in [5, 5.41) is 6.12. The molecule has 3 rings (SSSR count). The molecule has 22 heavy (non-hydrogen) atoms. The van der Waals surface area contributed by atoms with Crippen molar-refractivity contribution in [2.75, 3.05) is 4.90 Å². The number of anilines is 1. The number of nitrogens with one attached hydrogen (secondary N) is 1. The zero-order valence-electron chi connectivity index (χ0n) is 11.1. The van der Waals surface area contributed by atoms with Gasteiger partial charge < -0.3 is 0 Å². The van der Waals surface area contributed by atoms with Crippen LogP contribution in [0.15, 0.2) is 46.7 Å². The van der Waals surface area contributed by atoms with Gasteiger partial charge in [0.25, 0.3) is 11.8 Å². The monoisotopic (exact) mass is 332 g/mol. The molecule has 1 aromatic heterocycles. The predicted molar refractivity (Wildman–Crippen MR) is 86.9 cm³/mol. The van der Waals surface area contributed by atoms with Crippen molar-refractivity contribution < 1.29 is 14.0 Å². The van der Waals surface area contributed by atoms with Gasteiger partial charge in [0.15, 0.2) is 5.11 Å². The highest BCUT2D eigenvalue weighted by Gasteiger charge is 2.34. The van der Waals surface area contributed by atoms with E-state index in [1.165, 1.54) is 46.6 Å². The summed E-state index contributed by atoms with van der Waals surface area (Å²) in [6, 6.07) is 7.11. The molecule has 0 aliphatic carbocycles. The Kier molecular flexibility index (Phi) is 3.82. The van der Waals surface area contributed by atoms with Crippen LogP contribution < -0.4 is 10.2 Å². The van der Waals surface area contributed by atoms with Gasteiger partial charge in [0.05, 0.1) is 5.69 Å². The lowest BCUT2D eigenvalue weighted by Crippen LogP contribution is -2.54. The third-order valence-corrected chi connectivity index (χ3v) is 4.03. The molecule has 1 aliphatic rings. The summed E-state index contributed by atoms with van der Waals surface area (Å²) in [5.74, 6) is -1.50. The molecular formula is C15H9FN2O2S2. The van der Waals surface area contributed by atoms with Gasteiger partial charge >= 0.3 is 0 Å². The van der Waals surface area contributed by atoms with Crippen LogP contribution in [-0.2, 0) is 9.59 Å². The molecule has 1 N–H and O–H groups in total. The fraction of sp³-hybridized carbons (Fsp3) is 0. The number of amides is 2. The van der Waals surface area contributed by atoms with Crippen LogP contribution in [0.1, 0.15) is 5.56 Å². The minimum atomic E-state index is -0.542. The molecule has 1 fully saturated rings. The number of rotatable bonds is 2. The molecule has 2 aromatic rings. The summed E-state index contributed by atoms with van der Waals surface area (Å²) in [6.07, 6.45) is 1.51. The van der Waals surface area contributed by atoms with E-state index in [-0.39, 0.29) is 10.7 Å². The Morgan fingerprint density at radius 1 is 1.18 bits per heavy atom. The third kappa shape index (κ3) is 2.68. The Labute approximate surface area is 134 Å². The van der Waals surface area contributed by atoms with E-state index in [0.717, 1.165) is 5.56 Å². The highest BCUT2D eigenvalue weighted by atomic mass is 32.1. The van der Waals surface area contributed by atoms with Crippen molar-refractivity contribution in [3.05, 3.63) is 58.0 Å². The highest BCUT2D eigenvalue weighted by Crippen LogP contribution is 2.22. The zero-order chi connectivity index (χ0) is 15.7. The van der Waals surface area contributed by atoms with Gasteiger partial charge in [-0.25, -0.2) is 4.39 Å². The molecular weight excluding hydrogens is 323 g/mol. The van der Waals surface area contributed by atoms with E-state index < -0.39 is 17.6 Å². The number of carbonyl (C=O) groups is 2. The van der Waals surface area contributed by atoms with E-state index in [4.69, 9.17) is 12.2 Å². The number of carbonyl (C=O) groups excluding carboxylic acids is 2. The minimum absolute atomic E-state index is 0.0173. The van der Waals surface area contributed by atoms with Gasteiger partial charge in [-0.2, -0.15) is 11.3 Å². The number of hydrogen-bond acceptors (Lipinski definition) is 4. The van der Waals surface area contributed by atoms with Crippen molar-refractivity contribution in [2.45, 2.75) is 0 Å².